The van der Waals surface area contributed by atoms with Gasteiger partial charge in [0.15, 0.2) is 0 Å². The van der Waals surface area contributed by atoms with Gasteiger partial charge in [0.2, 0.25) is 0 Å². The minimum absolute atomic E-state index is 0.0552. The molecule has 0 bridgehead atoms. The van der Waals surface area contributed by atoms with Crippen LogP contribution in [0.5, 0.6) is 0 Å². The highest BCUT2D eigenvalue weighted by atomic mass is 16.3. The highest BCUT2D eigenvalue weighted by Crippen LogP contribution is 2.36. The molecule has 17 heavy (non-hydrogen) atoms. The molecule has 3 N–H and O–H groups in total. The lowest BCUT2D eigenvalue weighted by molar-refractivity contribution is 0.0254. The molecule has 0 aromatic heterocycles. The molecule has 0 aromatic carbocycles. The van der Waals surface area contributed by atoms with E-state index in [1.807, 2.05) is 6.92 Å². The quantitative estimate of drug-likeness (QED) is 0.684. The molecule has 0 heterocycles. The zero-order chi connectivity index (χ0) is 13.1. The number of hydrogen-bond acceptors (Lipinski definition) is 4. The van der Waals surface area contributed by atoms with E-state index in [4.69, 9.17) is 10.8 Å². The summed E-state index contributed by atoms with van der Waals surface area (Å²) in [6.07, 6.45) is 4.77. The van der Waals surface area contributed by atoms with Crippen molar-refractivity contribution < 1.29 is 5.11 Å². The molecule has 102 valence electrons. The third kappa shape index (κ3) is 3.91. The van der Waals surface area contributed by atoms with Crippen LogP contribution in [0.2, 0.25) is 0 Å². The number of nitrogens with zero attached hydrogens (tertiary/aromatic N) is 2. The van der Waals surface area contributed by atoms with Crippen LogP contribution < -0.4 is 5.73 Å². The van der Waals surface area contributed by atoms with Crippen LogP contribution >= 0.6 is 0 Å². The van der Waals surface area contributed by atoms with Crippen molar-refractivity contribution in [3.8, 4) is 0 Å². The summed E-state index contributed by atoms with van der Waals surface area (Å²) in [6, 6.07) is 0. The van der Waals surface area contributed by atoms with E-state index in [0.29, 0.717) is 5.54 Å². The fraction of sp³-hybridized carbons (Fsp3) is 1.00. The lowest BCUT2D eigenvalue weighted by Crippen LogP contribution is -2.57. The third-order valence-corrected chi connectivity index (χ3v) is 4.22. The normalized spacial score (nSPS) is 22.6. The van der Waals surface area contributed by atoms with E-state index in [2.05, 4.69) is 30.9 Å². The first-order valence-corrected chi connectivity index (χ1v) is 6.57. The Kier molecular flexibility index (Phi) is 4.95. The molecule has 1 fully saturated rings. The predicted molar refractivity (Wildman–Crippen MR) is 72.1 cm³/mol. The van der Waals surface area contributed by atoms with Gasteiger partial charge in [-0.25, -0.2) is 0 Å². The van der Waals surface area contributed by atoms with Crippen LogP contribution in [0.25, 0.3) is 0 Å². The summed E-state index contributed by atoms with van der Waals surface area (Å²) in [6.45, 7) is 4.01. The highest BCUT2D eigenvalue weighted by molar-refractivity contribution is 4.98. The predicted octanol–water partition coefficient (Wildman–Crippen LogP) is 0.502. The van der Waals surface area contributed by atoms with Crippen LogP contribution in [-0.2, 0) is 0 Å². The Hall–Kier alpha value is -0.160. The van der Waals surface area contributed by atoms with E-state index in [-0.39, 0.29) is 6.61 Å². The van der Waals surface area contributed by atoms with Gasteiger partial charge in [0.1, 0.15) is 0 Å². The van der Waals surface area contributed by atoms with E-state index in [1.54, 1.807) is 0 Å². The molecule has 1 aliphatic carbocycles. The molecule has 0 spiro atoms. The lowest BCUT2D eigenvalue weighted by atomic mass is 9.75. The van der Waals surface area contributed by atoms with Gasteiger partial charge in [-0.3, -0.25) is 0 Å². The van der Waals surface area contributed by atoms with Gasteiger partial charge >= 0.3 is 0 Å². The number of likely N-dealkylation sites (N-methyl/N-ethyl adjacent to an activating group) is 2. The fourth-order valence-corrected chi connectivity index (χ4v) is 2.44. The van der Waals surface area contributed by atoms with Crippen molar-refractivity contribution in [3.05, 3.63) is 0 Å². The maximum atomic E-state index is 9.13. The maximum Gasteiger partial charge on any atom is 0.0608 e. The summed E-state index contributed by atoms with van der Waals surface area (Å²) in [5, 5.41) is 9.13. The molecule has 0 saturated heterocycles. The summed E-state index contributed by atoms with van der Waals surface area (Å²) >= 11 is 0. The number of nitrogens with two attached hydrogens (primary N) is 1. The summed E-state index contributed by atoms with van der Waals surface area (Å²) < 4.78 is 0. The minimum atomic E-state index is -0.445. The van der Waals surface area contributed by atoms with E-state index in [1.165, 1.54) is 19.3 Å². The molecule has 1 saturated carbocycles. The number of aliphatic hydroxyl groups is 1. The van der Waals surface area contributed by atoms with Gasteiger partial charge in [0.05, 0.1) is 6.61 Å². The molecule has 4 heteroatoms. The largest absolute Gasteiger partial charge is 0.394 e. The topological polar surface area (TPSA) is 52.7 Å². The first-order valence-electron chi connectivity index (χ1n) is 6.57. The van der Waals surface area contributed by atoms with E-state index in [9.17, 15) is 0 Å². The maximum absolute atomic E-state index is 9.13. The van der Waals surface area contributed by atoms with Crippen LogP contribution in [0.3, 0.4) is 0 Å². The molecule has 0 radical (unpaired) electrons. The Labute approximate surface area is 106 Å². The van der Waals surface area contributed by atoms with Crippen molar-refractivity contribution in [1.82, 2.24) is 9.80 Å². The minimum Gasteiger partial charge on any atom is -0.394 e. The van der Waals surface area contributed by atoms with Gasteiger partial charge in [0.25, 0.3) is 0 Å². The van der Waals surface area contributed by atoms with E-state index >= 15 is 0 Å². The molecule has 0 aromatic rings. The summed E-state index contributed by atoms with van der Waals surface area (Å²) in [5.74, 6) is 0. The van der Waals surface area contributed by atoms with Crippen molar-refractivity contribution in [2.75, 3.05) is 40.8 Å². The molecule has 1 atom stereocenters. The molecule has 1 unspecified atom stereocenters. The zero-order valence-corrected chi connectivity index (χ0v) is 11.9. The molecule has 1 rings (SSSR count). The lowest BCUT2D eigenvalue weighted by Gasteiger charge is -2.49. The first kappa shape index (κ1) is 14.9. The Bertz CT molecular complexity index is 237. The fourth-order valence-electron chi connectivity index (χ4n) is 2.44. The summed E-state index contributed by atoms with van der Waals surface area (Å²) in [7, 11) is 6.50. The second-order valence-electron chi connectivity index (χ2n) is 6.27. The standard InChI is InChI=1S/C13H29N3O/c1-12(14,11-17)8-9-16(4)10-13(15(2)3)6-5-7-13/h17H,5-11,14H2,1-4H3. The summed E-state index contributed by atoms with van der Waals surface area (Å²) in [4.78, 5) is 4.71. The van der Waals surface area contributed by atoms with Crippen molar-refractivity contribution >= 4 is 0 Å². The molecule has 0 amide bonds. The van der Waals surface area contributed by atoms with Gasteiger partial charge in [-0.2, -0.15) is 0 Å². The Balaban J connectivity index is 2.36. The monoisotopic (exact) mass is 243 g/mol. The van der Waals surface area contributed by atoms with Gasteiger partial charge in [-0.1, -0.05) is 0 Å². The number of aliphatic hydroxyl groups excluding tert-OH is 1. The highest BCUT2D eigenvalue weighted by Gasteiger charge is 2.39. The van der Waals surface area contributed by atoms with Crippen molar-refractivity contribution in [1.29, 1.82) is 0 Å². The van der Waals surface area contributed by atoms with Crippen molar-refractivity contribution in [3.63, 3.8) is 0 Å². The molecule has 0 aliphatic heterocycles. The van der Waals surface area contributed by atoms with Gasteiger partial charge in [0, 0.05) is 17.6 Å². The third-order valence-electron chi connectivity index (χ3n) is 4.22. The van der Waals surface area contributed by atoms with Crippen LogP contribution in [0.15, 0.2) is 0 Å². The zero-order valence-electron chi connectivity index (χ0n) is 11.9. The molecular formula is C13H29N3O. The van der Waals surface area contributed by atoms with E-state index < -0.39 is 5.54 Å². The van der Waals surface area contributed by atoms with Crippen LogP contribution in [0.1, 0.15) is 32.6 Å². The van der Waals surface area contributed by atoms with Crippen LogP contribution in [-0.4, -0.2) is 66.8 Å². The molecule has 4 nitrogen and oxygen atoms in total. The SMILES string of the molecule is CN(CCC(C)(N)CO)CC1(N(C)C)CCC1. The second kappa shape index (κ2) is 5.65. The van der Waals surface area contributed by atoms with Crippen molar-refractivity contribution in [2.45, 2.75) is 43.7 Å². The van der Waals surface area contributed by atoms with Crippen molar-refractivity contribution in [2.24, 2.45) is 5.73 Å². The van der Waals surface area contributed by atoms with Crippen LogP contribution in [0.4, 0.5) is 0 Å². The van der Waals surface area contributed by atoms with Crippen LogP contribution in [0, 0.1) is 0 Å². The second-order valence-corrected chi connectivity index (χ2v) is 6.27. The smallest absolute Gasteiger partial charge is 0.0608 e. The number of rotatable bonds is 7. The molecule has 1 aliphatic rings. The Morgan fingerprint density at radius 1 is 1.29 bits per heavy atom. The van der Waals surface area contributed by atoms with E-state index in [0.717, 1.165) is 19.5 Å². The summed E-state index contributed by atoms with van der Waals surface area (Å²) in [5.41, 5.74) is 5.88. The average Bonchev–Trinajstić information content (AvgIpc) is 2.20. The number of hydrogen-bond donors (Lipinski definition) is 2. The average molecular weight is 243 g/mol. The first-order chi connectivity index (χ1) is 7.81. The van der Waals surface area contributed by atoms with Gasteiger partial charge < -0.3 is 20.6 Å². The Morgan fingerprint density at radius 2 is 1.88 bits per heavy atom. The Morgan fingerprint density at radius 3 is 2.24 bits per heavy atom. The van der Waals surface area contributed by atoms with Gasteiger partial charge in [-0.15, -0.1) is 0 Å². The molecular weight excluding hydrogens is 214 g/mol. The van der Waals surface area contributed by atoms with Gasteiger partial charge in [-0.05, 0) is 60.3 Å².